The smallest absolute Gasteiger partial charge is 0.347 e. The molecular formula is C19H21N5O3. The Hall–Kier alpha value is -3.16. The topological polar surface area (TPSA) is 82.4 Å². The number of rotatable bonds is 4. The summed E-state index contributed by atoms with van der Waals surface area (Å²) in [5.74, 6) is 1.47. The average Bonchev–Trinajstić information content (AvgIpc) is 3.12. The molecule has 0 saturated heterocycles. The Morgan fingerprint density at radius 1 is 1.15 bits per heavy atom. The first-order valence-corrected chi connectivity index (χ1v) is 9.08. The van der Waals surface area contributed by atoms with Crippen LogP contribution in [0.25, 0.3) is 11.2 Å². The third-order valence-electron chi connectivity index (χ3n) is 4.55. The summed E-state index contributed by atoms with van der Waals surface area (Å²) < 4.78 is 12.7. The Morgan fingerprint density at radius 2 is 1.89 bits per heavy atom. The van der Waals surface area contributed by atoms with Gasteiger partial charge in [0.15, 0.2) is 11.5 Å². The molecule has 0 fully saturated rings. The molecule has 1 amide bonds. The summed E-state index contributed by atoms with van der Waals surface area (Å²) in [6.45, 7) is 6.12. The average molecular weight is 367 g/mol. The highest BCUT2D eigenvalue weighted by atomic mass is 16.5. The van der Waals surface area contributed by atoms with E-state index >= 15 is 0 Å². The molecule has 140 valence electrons. The Balaban J connectivity index is 1.62. The number of hydrogen-bond acceptors (Lipinski definition) is 6. The summed E-state index contributed by atoms with van der Waals surface area (Å²) in [5.41, 5.74) is 3.30. The molecule has 3 heterocycles. The van der Waals surface area contributed by atoms with E-state index in [4.69, 9.17) is 9.47 Å². The van der Waals surface area contributed by atoms with Crippen molar-refractivity contribution in [2.24, 2.45) is 0 Å². The monoisotopic (exact) mass is 367 g/mol. The predicted octanol–water partition coefficient (Wildman–Crippen LogP) is 2.65. The summed E-state index contributed by atoms with van der Waals surface area (Å²) >= 11 is 0. The maximum Gasteiger partial charge on any atom is 0.347 e. The first kappa shape index (κ1) is 17.3. The lowest BCUT2D eigenvalue weighted by molar-refractivity contribution is 0.191. The molecular weight excluding hydrogens is 346 g/mol. The lowest BCUT2D eigenvalue weighted by atomic mass is 9.99. The van der Waals surface area contributed by atoms with Crippen molar-refractivity contribution in [2.45, 2.75) is 26.8 Å². The number of fused-ring (bicyclic) bond motifs is 2. The van der Waals surface area contributed by atoms with Crippen molar-refractivity contribution in [3.8, 4) is 11.5 Å². The molecule has 1 aliphatic rings. The van der Waals surface area contributed by atoms with E-state index in [-0.39, 0.29) is 6.03 Å². The summed E-state index contributed by atoms with van der Waals surface area (Å²) in [6.07, 6.45) is 2.38. The zero-order chi connectivity index (χ0) is 18.8. The molecule has 0 radical (unpaired) electrons. The van der Waals surface area contributed by atoms with Gasteiger partial charge in [0.05, 0.1) is 13.2 Å². The van der Waals surface area contributed by atoms with Gasteiger partial charge in [0, 0.05) is 19.3 Å². The number of pyridine rings is 1. The Kier molecular flexibility index (Phi) is 4.62. The molecule has 8 heteroatoms. The minimum Gasteiger partial charge on any atom is -0.490 e. The van der Waals surface area contributed by atoms with E-state index in [2.05, 4.69) is 15.3 Å². The second-order valence-electron chi connectivity index (χ2n) is 6.24. The van der Waals surface area contributed by atoms with Crippen LogP contribution in [0.4, 0.5) is 4.79 Å². The van der Waals surface area contributed by atoms with Gasteiger partial charge in [0.1, 0.15) is 5.52 Å². The Bertz CT molecular complexity index is 985. The number of hydrogen-bond donors (Lipinski definition) is 0. The Morgan fingerprint density at radius 3 is 2.63 bits per heavy atom. The minimum absolute atomic E-state index is 0.206. The van der Waals surface area contributed by atoms with Crippen LogP contribution in [0.15, 0.2) is 30.5 Å². The minimum atomic E-state index is -0.206. The van der Waals surface area contributed by atoms with Crippen molar-refractivity contribution in [1.82, 2.24) is 24.9 Å². The molecule has 1 aromatic carbocycles. The molecule has 0 saturated carbocycles. The number of aromatic nitrogens is 4. The molecule has 0 bridgehead atoms. The van der Waals surface area contributed by atoms with E-state index in [1.807, 2.05) is 26.0 Å². The second-order valence-corrected chi connectivity index (χ2v) is 6.24. The fraction of sp³-hybridized carbons (Fsp3) is 0.368. The van der Waals surface area contributed by atoms with Crippen molar-refractivity contribution in [1.29, 1.82) is 0 Å². The summed E-state index contributed by atoms with van der Waals surface area (Å²) in [7, 11) is 0. The zero-order valence-electron chi connectivity index (χ0n) is 15.4. The number of amides is 1. The molecule has 0 unspecified atom stereocenters. The van der Waals surface area contributed by atoms with Crippen molar-refractivity contribution in [3.05, 3.63) is 41.6 Å². The van der Waals surface area contributed by atoms with Gasteiger partial charge >= 0.3 is 6.03 Å². The van der Waals surface area contributed by atoms with Gasteiger partial charge in [-0.15, -0.1) is 5.10 Å². The highest BCUT2D eigenvalue weighted by Crippen LogP contribution is 2.34. The van der Waals surface area contributed by atoms with Gasteiger partial charge in [-0.1, -0.05) is 5.21 Å². The quantitative estimate of drug-likeness (QED) is 0.705. The van der Waals surface area contributed by atoms with Gasteiger partial charge in [0.25, 0.3) is 0 Å². The van der Waals surface area contributed by atoms with Gasteiger partial charge < -0.3 is 14.4 Å². The number of benzene rings is 1. The van der Waals surface area contributed by atoms with Crippen LogP contribution in [0.2, 0.25) is 0 Å². The molecule has 0 aliphatic carbocycles. The maximum absolute atomic E-state index is 13.0. The molecule has 8 nitrogen and oxygen atoms in total. The van der Waals surface area contributed by atoms with Gasteiger partial charge in [-0.25, -0.2) is 9.78 Å². The lowest BCUT2D eigenvalue weighted by Crippen LogP contribution is -2.39. The summed E-state index contributed by atoms with van der Waals surface area (Å²) in [4.78, 5) is 18.9. The number of ether oxygens (including phenoxy) is 2. The summed E-state index contributed by atoms with van der Waals surface area (Å²) in [6, 6.07) is 7.36. The van der Waals surface area contributed by atoms with Crippen LogP contribution in [-0.2, 0) is 13.0 Å². The Labute approximate surface area is 156 Å². The molecule has 0 atom stereocenters. The van der Waals surface area contributed by atoms with Crippen molar-refractivity contribution < 1.29 is 14.3 Å². The third kappa shape index (κ3) is 3.18. The van der Waals surface area contributed by atoms with Crippen LogP contribution in [0.3, 0.4) is 0 Å². The number of carbonyl (C=O) groups is 1. The van der Waals surface area contributed by atoms with Gasteiger partial charge in [-0.2, -0.15) is 4.68 Å². The first-order chi connectivity index (χ1) is 13.2. The number of nitrogens with zero attached hydrogens (tertiary/aromatic N) is 5. The molecule has 4 rings (SSSR count). The maximum atomic E-state index is 13.0. The highest BCUT2D eigenvalue weighted by molar-refractivity contribution is 5.86. The van der Waals surface area contributed by atoms with E-state index in [1.165, 1.54) is 10.2 Å². The number of carbonyl (C=O) groups excluding carboxylic acids is 1. The lowest BCUT2D eigenvalue weighted by Gasteiger charge is -2.29. The standard InChI is InChI=1S/C19H21N5O3/c1-3-26-16-10-13-7-9-23(12-14(13)11-17(16)27-4-2)19(25)24-15-6-5-8-20-18(15)21-22-24/h5-6,8,10-11H,3-4,7,9,12H2,1-2H3. The van der Waals surface area contributed by atoms with Crippen LogP contribution in [-0.4, -0.2) is 50.7 Å². The largest absolute Gasteiger partial charge is 0.490 e. The fourth-order valence-electron chi connectivity index (χ4n) is 3.31. The van der Waals surface area contributed by atoms with E-state index in [9.17, 15) is 4.79 Å². The third-order valence-corrected chi connectivity index (χ3v) is 4.55. The van der Waals surface area contributed by atoms with Crippen molar-refractivity contribution >= 4 is 17.2 Å². The first-order valence-electron chi connectivity index (χ1n) is 9.08. The molecule has 27 heavy (non-hydrogen) atoms. The van der Waals surface area contributed by atoms with Crippen LogP contribution >= 0.6 is 0 Å². The van der Waals surface area contributed by atoms with E-state index in [0.717, 1.165) is 17.7 Å². The van der Waals surface area contributed by atoms with Crippen LogP contribution in [0.5, 0.6) is 11.5 Å². The van der Waals surface area contributed by atoms with E-state index < -0.39 is 0 Å². The van der Waals surface area contributed by atoms with E-state index in [0.29, 0.717) is 43.2 Å². The predicted molar refractivity (Wildman–Crippen MR) is 99.0 cm³/mol. The van der Waals surface area contributed by atoms with E-state index in [1.54, 1.807) is 23.2 Å². The second kappa shape index (κ2) is 7.22. The van der Waals surface area contributed by atoms with Crippen LogP contribution < -0.4 is 9.47 Å². The fourth-order valence-corrected chi connectivity index (χ4v) is 3.31. The molecule has 3 aromatic rings. The molecule has 0 N–H and O–H groups in total. The SMILES string of the molecule is CCOc1cc2c(cc1OCC)CN(C(=O)n1nnc3ncccc31)CC2. The highest BCUT2D eigenvalue weighted by Gasteiger charge is 2.25. The molecule has 1 aliphatic heterocycles. The summed E-state index contributed by atoms with van der Waals surface area (Å²) in [5, 5.41) is 7.95. The van der Waals surface area contributed by atoms with Crippen LogP contribution in [0, 0.1) is 0 Å². The van der Waals surface area contributed by atoms with Crippen molar-refractivity contribution in [3.63, 3.8) is 0 Å². The molecule has 2 aromatic heterocycles. The van der Waals surface area contributed by atoms with Gasteiger partial charge in [-0.3, -0.25) is 0 Å². The zero-order valence-corrected chi connectivity index (χ0v) is 15.4. The van der Waals surface area contributed by atoms with Crippen LogP contribution in [0.1, 0.15) is 25.0 Å². The van der Waals surface area contributed by atoms with Gasteiger partial charge in [-0.05, 0) is 55.7 Å². The van der Waals surface area contributed by atoms with Gasteiger partial charge in [0.2, 0.25) is 5.65 Å². The molecule has 0 spiro atoms. The van der Waals surface area contributed by atoms with Crippen molar-refractivity contribution in [2.75, 3.05) is 19.8 Å². The normalized spacial score (nSPS) is 13.5.